The summed E-state index contributed by atoms with van der Waals surface area (Å²) in [5.41, 5.74) is 0. The third kappa shape index (κ3) is 4.45. The zero-order chi connectivity index (χ0) is 17.6. The second kappa shape index (κ2) is 6.44. The predicted molar refractivity (Wildman–Crippen MR) is 81.0 cm³/mol. The van der Waals surface area contributed by atoms with Crippen molar-refractivity contribution in [3.05, 3.63) is 0 Å². The van der Waals surface area contributed by atoms with Crippen molar-refractivity contribution in [2.45, 2.75) is 51.4 Å². The second-order valence-corrected chi connectivity index (χ2v) is 12.5. The molecule has 4 rings (SSSR count). The Morgan fingerprint density at radius 1 is 0.480 bits per heavy atom. The van der Waals surface area contributed by atoms with E-state index in [0.29, 0.717) is 51.4 Å². The average molecular weight is 459 g/mol. The number of rotatable bonds is 8. The van der Waals surface area contributed by atoms with Crippen LogP contribution in [0.1, 0.15) is 51.4 Å². The summed E-state index contributed by atoms with van der Waals surface area (Å²) in [5.74, 6) is -3.61. The maximum atomic E-state index is 12.2. The van der Waals surface area contributed by atoms with Crippen molar-refractivity contribution < 1.29 is 31.5 Å². The molecule has 0 unspecified atom stereocenters. The molecule has 0 heterocycles. The number of hydrogen-bond acceptors (Lipinski definition) is 8. The van der Waals surface area contributed by atoms with Crippen LogP contribution in [0, 0.1) is 23.7 Å². The van der Waals surface area contributed by atoms with Crippen molar-refractivity contribution in [2.75, 3.05) is 0 Å². The van der Waals surface area contributed by atoms with E-state index in [1.165, 1.54) is 0 Å². The predicted octanol–water partition coefficient (Wildman–Crippen LogP) is 1.23. The van der Waals surface area contributed by atoms with Gasteiger partial charge in [-0.3, -0.25) is 0 Å². The van der Waals surface area contributed by atoms with Crippen molar-refractivity contribution in [3.63, 3.8) is 0 Å². The molecule has 0 bridgehead atoms. The number of carbonyl (C=O) groups is 4. The molecule has 25 heavy (non-hydrogen) atoms. The van der Waals surface area contributed by atoms with Gasteiger partial charge in [-0.2, -0.15) is 0 Å². The quantitative estimate of drug-likeness (QED) is 0.500. The molecule has 0 amide bonds. The van der Waals surface area contributed by atoms with Crippen molar-refractivity contribution in [2.24, 2.45) is 23.7 Å². The van der Waals surface area contributed by atoms with E-state index in [1.807, 2.05) is 0 Å². The fourth-order valence-corrected chi connectivity index (χ4v) is 7.66. The van der Waals surface area contributed by atoms with Gasteiger partial charge in [-0.1, -0.05) is 0 Å². The molecule has 9 heteroatoms. The van der Waals surface area contributed by atoms with Gasteiger partial charge in [-0.05, 0) is 0 Å². The monoisotopic (exact) mass is 460 g/mol. The SMILES string of the molecule is O=C([O][Sn]([O]C(=O)C1CC1)([O]C(=O)C1CC1)[O]C(=O)C1CC1)C1CC1. The van der Waals surface area contributed by atoms with E-state index < -0.39 is 43.9 Å². The summed E-state index contributed by atoms with van der Waals surface area (Å²) in [4.78, 5) is 48.7. The molecule has 8 nitrogen and oxygen atoms in total. The first-order valence-corrected chi connectivity index (χ1v) is 13.5. The fourth-order valence-electron chi connectivity index (χ4n) is 2.23. The third-order valence-electron chi connectivity index (χ3n) is 4.55. The molecule has 0 aromatic carbocycles. The van der Waals surface area contributed by atoms with Gasteiger partial charge in [0, 0.05) is 0 Å². The van der Waals surface area contributed by atoms with Crippen LogP contribution in [0.2, 0.25) is 0 Å². The van der Waals surface area contributed by atoms with Gasteiger partial charge in [0.05, 0.1) is 0 Å². The zero-order valence-corrected chi connectivity index (χ0v) is 16.6. The minimum atomic E-state index is -5.47. The van der Waals surface area contributed by atoms with Crippen LogP contribution >= 0.6 is 0 Å². The van der Waals surface area contributed by atoms with Gasteiger partial charge in [0.25, 0.3) is 0 Å². The first kappa shape index (κ1) is 17.1. The second-order valence-electron chi connectivity index (χ2n) is 7.28. The van der Waals surface area contributed by atoms with Crippen molar-refractivity contribution >= 4 is 43.9 Å². The van der Waals surface area contributed by atoms with Crippen LogP contribution in [0.5, 0.6) is 0 Å². The van der Waals surface area contributed by atoms with Crippen LogP contribution in [0.4, 0.5) is 0 Å². The molecule has 0 radical (unpaired) electrons. The summed E-state index contributed by atoms with van der Waals surface area (Å²) in [6.07, 6.45) is 5.37. The Balaban J connectivity index is 1.54. The zero-order valence-electron chi connectivity index (χ0n) is 13.7. The van der Waals surface area contributed by atoms with Gasteiger partial charge in [0.15, 0.2) is 0 Å². The van der Waals surface area contributed by atoms with Gasteiger partial charge < -0.3 is 0 Å². The first-order valence-electron chi connectivity index (χ1n) is 8.87. The van der Waals surface area contributed by atoms with Crippen LogP contribution in [-0.2, 0) is 31.5 Å². The van der Waals surface area contributed by atoms with Crippen LogP contribution < -0.4 is 0 Å². The Labute approximate surface area is 150 Å². The van der Waals surface area contributed by atoms with Gasteiger partial charge in [0.1, 0.15) is 0 Å². The molecule has 4 aliphatic carbocycles. The molecular formula is C16H20O8Sn. The van der Waals surface area contributed by atoms with Gasteiger partial charge in [-0.25, -0.2) is 0 Å². The van der Waals surface area contributed by atoms with E-state index in [2.05, 4.69) is 0 Å². The Morgan fingerprint density at radius 2 is 0.680 bits per heavy atom. The van der Waals surface area contributed by atoms with Crippen molar-refractivity contribution in [1.82, 2.24) is 0 Å². The Morgan fingerprint density at radius 3 is 0.840 bits per heavy atom. The van der Waals surface area contributed by atoms with Crippen molar-refractivity contribution in [1.29, 1.82) is 0 Å². The average Bonchev–Trinajstić information content (AvgIpc) is 3.37. The first-order chi connectivity index (χ1) is 12.0. The summed E-state index contributed by atoms with van der Waals surface area (Å²) in [6.45, 7) is 0. The Bertz CT molecular complexity index is 506. The molecule has 0 aromatic rings. The standard InChI is InChI=1S/4C4H6O2.Sn/c4*5-4(6)3-1-2-3;/h4*3H,1-2H2,(H,5,6);/q;;;;+4/p-4. The van der Waals surface area contributed by atoms with E-state index >= 15 is 0 Å². The normalized spacial score (nSPS) is 22.7. The van der Waals surface area contributed by atoms with Gasteiger partial charge in [0.2, 0.25) is 0 Å². The van der Waals surface area contributed by atoms with Crippen LogP contribution in [0.15, 0.2) is 0 Å². The summed E-state index contributed by atoms with van der Waals surface area (Å²) >= 11 is -5.47. The topological polar surface area (TPSA) is 105 Å². The Hall–Kier alpha value is -1.32. The summed E-state index contributed by atoms with van der Waals surface area (Å²) < 4.78 is 21.4. The molecule has 0 atom stereocenters. The summed E-state index contributed by atoms with van der Waals surface area (Å²) in [5, 5.41) is 0. The van der Waals surface area contributed by atoms with E-state index in [9.17, 15) is 19.2 Å². The van der Waals surface area contributed by atoms with Crippen LogP contribution in [0.3, 0.4) is 0 Å². The summed E-state index contributed by atoms with van der Waals surface area (Å²) in [6, 6.07) is 0. The van der Waals surface area contributed by atoms with Crippen LogP contribution in [-0.4, -0.2) is 43.9 Å². The minimum absolute atomic E-state index is 0.296. The van der Waals surface area contributed by atoms with Gasteiger partial charge >= 0.3 is 150 Å². The molecule has 4 saturated carbocycles. The molecule has 0 saturated heterocycles. The number of hydrogen-bond donors (Lipinski definition) is 0. The molecule has 0 aromatic heterocycles. The van der Waals surface area contributed by atoms with Crippen LogP contribution in [0.25, 0.3) is 0 Å². The molecule has 0 aliphatic heterocycles. The van der Waals surface area contributed by atoms with E-state index in [0.717, 1.165) is 0 Å². The molecule has 136 valence electrons. The fraction of sp³-hybridized carbons (Fsp3) is 0.750. The summed E-state index contributed by atoms with van der Waals surface area (Å²) in [7, 11) is 0. The van der Waals surface area contributed by atoms with E-state index in [-0.39, 0.29) is 23.7 Å². The van der Waals surface area contributed by atoms with E-state index in [1.54, 1.807) is 0 Å². The molecular weight excluding hydrogens is 439 g/mol. The molecule has 4 fully saturated rings. The number of carbonyl (C=O) groups excluding carboxylic acids is 4. The maximum absolute atomic E-state index is 12.2. The Kier molecular flexibility index (Phi) is 4.41. The molecule has 0 spiro atoms. The van der Waals surface area contributed by atoms with Crippen molar-refractivity contribution in [3.8, 4) is 0 Å². The van der Waals surface area contributed by atoms with Gasteiger partial charge in [-0.15, -0.1) is 0 Å². The molecule has 0 N–H and O–H groups in total. The third-order valence-corrected chi connectivity index (χ3v) is 9.70. The molecule has 4 aliphatic rings. The van der Waals surface area contributed by atoms with E-state index in [4.69, 9.17) is 12.3 Å².